The molecule has 8 fully saturated rings. The Labute approximate surface area is 437 Å². The van der Waals surface area contributed by atoms with Gasteiger partial charge in [0, 0.05) is 5.41 Å². The predicted octanol–water partition coefficient (Wildman–Crippen LogP) is -1.40. The minimum atomic E-state index is -1.84. The number of carbonyl (C=O) groups is 1. The molecule has 28 atom stereocenters. The van der Waals surface area contributed by atoms with Crippen molar-refractivity contribution in [1.82, 2.24) is 0 Å². The van der Waals surface area contributed by atoms with E-state index in [2.05, 4.69) is 40.7 Å². The molecule has 9 rings (SSSR count). The number of rotatable bonds is 11. The van der Waals surface area contributed by atoms with Crippen molar-refractivity contribution >= 4 is 5.97 Å². The average Bonchev–Trinajstić information content (AvgIpc) is 3.37. The van der Waals surface area contributed by atoms with Gasteiger partial charge in [0.15, 0.2) is 18.9 Å². The second-order valence-corrected chi connectivity index (χ2v) is 25.7. The van der Waals surface area contributed by atoms with Crippen LogP contribution in [0.15, 0.2) is 11.6 Å². The highest BCUT2D eigenvalue weighted by molar-refractivity contribution is 5.79. The molecule has 2 unspecified atom stereocenters. The van der Waals surface area contributed by atoms with E-state index in [1.54, 1.807) is 0 Å². The van der Waals surface area contributed by atoms with Gasteiger partial charge in [0.2, 0.25) is 6.29 Å². The van der Waals surface area contributed by atoms with Crippen LogP contribution in [-0.2, 0) is 42.7 Å². The summed E-state index contributed by atoms with van der Waals surface area (Å²) in [6.07, 6.45) is -20.8. The van der Waals surface area contributed by atoms with Crippen molar-refractivity contribution < 1.29 is 109 Å². The van der Waals surface area contributed by atoms with E-state index in [0.29, 0.717) is 38.5 Å². The van der Waals surface area contributed by atoms with Gasteiger partial charge in [0.05, 0.1) is 44.1 Å². The number of aliphatic hydroxyl groups excluding tert-OH is 13. The van der Waals surface area contributed by atoms with Crippen molar-refractivity contribution in [3.8, 4) is 0 Å². The molecule has 4 aliphatic heterocycles. The smallest absolute Gasteiger partial charge is 0.315 e. The largest absolute Gasteiger partial charge is 0.432 e. The van der Waals surface area contributed by atoms with Crippen molar-refractivity contribution in [2.75, 3.05) is 26.4 Å². The standard InChI is InChI=1S/C53H86O22/c1-23-32(57)36(61)40(65)44(70-23)74-42-33(58)26(56)20-68-46(42)73-31-11-12-49(4)29(50(31,5)22-55)10-13-52(7)30(49)9-8-24-25-18-48(2,3)14-16-53(25,17-15-51(24,52)6)47(67)75-45-41(66)38(63)35(60)28(72-45)21-69-43-39(64)37(62)34(59)27(19-54)71-43/h8,23,25-46,54-66H,9-22H2,1-7H3/t23-,25-,26-,27+,28+,29?,30?,31-,32-,33-,34+,35+,36+,37-,38-,39+,40+,41+,42+,43+,44-,45-,46-,49-,50-,51+,52+,53-/m0/s1. The summed E-state index contributed by atoms with van der Waals surface area (Å²) in [6.45, 7) is 13.2. The molecule has 0 amide bonds. The fourth-order valence-electron chi connectivity index (χ4n) is 16.1. The number of esters is 1. The Bertz CT molecular complexity index is 2060. The topological polar surface area (TPSA) is 354 Å². The Kier molecular flexibility index (Phi) is 16.3. The maximum absolute atomic E-state index is 15.1. The summed E-state index contributed by atoms with van der Waals surface area (Å²) in [5, 5.41) is 139. The maximum Gasteiger partial charge on any atom is 0.315 e. The van der Waals surface area contributed by atoms with Crippen LogP contribution in [0.2, 0.25) is 0 Å². The van der Waals surface area contributed by atoms with Crippen LogP contribution in [-0.4, -0.2) is 222 Å². The number of fused-ring (bicyclic) bond motifs is 7. The number of hydrogen-bond donors (Lipinski definition) is 13. The molecule has 9 aliphatic rings. The first-order valence-corrected chi connectivity index (χ1v) is 27.3. The lowest BCUT2D eigenvalue weighted by Gasteiger charge is -2.71. The van der Waals surface area contributed by atoms with Crippen molar-refractivity contribution in [3.63, 3.8) is 0 Å². The third kappa shape index (κ3) is 9.50. The monoisotopic (exact) mass is 1070 g/mol. The third-order valence-electron chi connectivity index (χ3n) is 21.1. The number of hydrogen-bond acceptors (Lipinski definition) is 22. The van der Waals surface area contributed by atoms with Gasteiger partial charge in [-0.15, -0.1) is 0 Å². The maximum atomic E-state index is 15.1. The zero-order chi connectivity index (χ0) is 54.7. The van der Waals surface area contributed by atoms with Gasteiger partial charge in [-0.2, -0.15) is 0 Å². The highest BCUT2D eigenvalue weighted by Crippen LogP contribution is 2.76. The van der Waals surface area contributed by atoms with Crippen LogP contribution in [0, 0.1) is 50.2 Å². The number of allylic oxidation sites excluding steroid dienone is 2. The second kappa shape index (κ2) is 21.1. The van der Waals surface area contributed by atoms with Crippen LogP contribution in [0.4, 0.5) is 0 Å². The van der Waals surface area contributed by atoms with E-state index in [-0.39, 0.29) is 52.6 Å². The fraction of sp³-hybridized carbons (Fsp3) is 0.943. The molecule has 4 heterocycles. The van der Waals surface area contributed by atoms with E-state index in [4.69, 9.17) is 37.9 Å². The number of aliphatic hydroxyl groups is 13. The normalized spacial score (nSPS) is 54.8. The first-order valence-electron chi connectivity index (χ1n) is 27.3. The number of carbonyl (C=O) groups excluding carboxylic acids is 1. The SMILES string of the molecule is C[C@@H]1O[C@@H](O[C@H]2[C@H](O[C@H]3CC[C@@]4(C)C(CC[C@]5(C)C4CC=C4[C@@H]6CC(C)(C)CC[C@]6(C(=O)O[C@@H]6O[C@H](CO[C@@H]7O[C@H](CO)[C@@H](O)[C@H](O)[C@H]7O)[C@@H](O)[C@H](O)[C@H]6O)CC[C@]45C)[C@]3(C)CO)OC[C@H](O)[C@@H]2O)[C@H](O)[C@H](O)[C@H]1O. The average molecular weight is 1080 g/mol. The van der Waals surface area contributed by atoms with Crippen molar-refractivity contribution in [3.05, 3.63) is 11.6 Å². The van der Waals surface area contributed by atoms with E-state index in [1.165, 1.54) is 12.5 Å². The van der Waals surface area contributed by atoms with Crippen LogP contribution in [0.25, 0.3) is 0 Å². The lowest BCUT2D eigenvalue weighted by atomic mass is 9.33. The second-order valence-electron chi connectivity index (χ2n) is 25.7. The molecule has 0 radical (unpaired) electrons. The van der Waals surface area contributed by atoms with Crippen molar-refractivity contribution in [2.45, 2.75) is 235 Å². The highest BCUT2D eigenvalue weighted by atomic mass is 16.8. The summed E-state index contributed by atoms with van der Waals surface area (Å²) in [7, 11) is 0. The van der Waals surface area contributed by atoms with Crippen LogP contribution in [0.1, 0.15) is 113 Å². The lowest BCUT2D eigenvalue weighted by Crippen LogP contribution is -2.67. The van der Waals surface area contributed by atoms with E-state index in [1.807, 2.05) is 6.92 Å². The molecule has 22 nitrogen and oxygen atoms in total. The molecular weight excluding hydrogens is 989 g/mol. The van der Waals surface area contributed by atoms with Crippen LogP contribution < -0.4 is 0 Å². The van der Waals surface area contributed by atoms with E-state index < -0.39 is 153 Å². The molecule has 5 aliphatic carbocycles. The predicted molar refractivity (Wildman–Crippen MR) is 257 cm³/mol. The first kappa shape index (κ1) is 58.1. The Balaban J connectivity index is 0.931. The van der Waals surface area contributed by atoms with E-state index in [9.17, 15) is 66.4 Å². The summed E-state index contributed by atoms with van der Waals surface area (Å²) >= 11 is 0. The van der Waals surface area contributed by atoms with E-state index in [0.717, 1.165) is 25.7 Å². The molecule has 4 saturated heterocycles. The molecule has 0 aromatic carbocycles. The van der Waals surface area contributed by atoms with Gasteiger partial charge < -0.3 is 104 Å². The molecule has 430 valence electrons. The molecule has 0 spiro atoms. The molecule has 0 bridgehead atoms. The highest BCUT2D eigenvalue weighted by Gasteiger charge is 2.71. The quantitative estimate of drug-likeness (QED) is 0.0643. The van der Waals surface area contributed by atoms with Gasteiger partial charge in [-0.3, -0.25) is 4.79 Å². The van der Waals surface area contributed by atoms with Crippen LogP contribution in [0.3, 0.4) is 0 Å². The van der Waals surface area contributed by atoms with Gasteiger partial charge in [-0.05, 0) is 111 Å². The summed E-state index contributed by atoms with van der Waals surface area (Å²) in [5.41, 5.74) is -1.70. The van der Waals surface area contributed by atoms with Crippen LogP contribution >= 0.6 is 0 Å². The molecule has 13 N–H and O–H groups in total. The zero-order valence-electron chi connectivity index (χ0n) is 44.2. The summed E-state index contributed by atoms with van der Waals surface area (Å²) < 4.78 is 47.6. The molecule has 75 heavy (non-hydrogen) atoms. The van der Waals surface area contributed by atoms with Gasteiger partial charge in [0.25, 0.3) is 0 Å². The third-order valence-corrected chi connectivity index (χ3v) is 21.1. The van der Waals surface area contributed by atoms with Gasteiger partial charge in [0.1, 0.15) is 85.5 Å². The molecule has 22 heteroatoms. The van der Waals surface area contributed by atoms with Crippen LogP contribution in [0.5, 0.6) is 0 Å². The van der Waals surface area contributed by atoms with Gasteiger partial charge in [-0.1, -0.05) is 53.2 Å². The molecule has 4 saturated carbocycles. The lowest BCUT2D eigenvalue weighted by molar-refractivity contribution is -0.365. The fourth-order valence-corrected chi connectivity index (χ4v) is 16.1. The molecule has 0 aromatic heterocycles. The van der Waals surface area contributed by atoms with E-state index >= 15 is 4.79 Å². The number of ether oxygens (including phenoxy) is 8. The Morgan fingerprint density at radius 3 is 1.95 bits per heavy atom. The minimum absolute atomic E-state index is 0.0432. The summed E-state index contributed by atoms with van der Waals surface area (Å²) in [4.78, 5) is 15.1. The zero-order valence-corrected chi connectivity index (χ0v) is 44.2. The van der Waals surface area contributed by atoms with Crippen molar-refractivity contribution in [1.29, 1.82) is 0 Å². The summed E-state index contributed by atoms with van der Waals surface area (Å²) in [5.74, 6) is -0.732. The first-order chi connectivity index (χ1) is 35.1. The van der Waals surface area contributed by atoms with Gasteiger partial charge >= 0.3 is 5.97 Å². The Hall–Kier alpha value is -1.59. The molecular formula is C53H86O22. The van der Waals surface area contributed by atoms with Gasteiger partial charge in [-0.25, -0.2) is 0 Å². The van der Waals surface area contributed by atoms with Crippen molar-refractivity contribution in [2.24, 2.45) is 50.2 Å². The Morgan fingerprint density at radius 1 is 0.640 bits per heavy atom. The Morgan fingerprint density at radius 2 is 1.27 bits per heavy atom. The minimum Gasteiger partial charge on any atom is -0.432 e. The summed E-state index contributed by atoms with van der Waals surface area (Å²) in [6, 6.07) is 0. The molecule has 0 aromatic rings.